The Hall–Kier alpha value is -3.17. The summed E-state index contributed by atoms with van der Waals surface area (Å²) < 4.78 is 0.733. The molecule has 172 valence electrons. The van der Waals surface area contributed by atoms with Crippen LogP contribution in [0.4, 0.5) is 17.1 Å². The van der Waals surface area contributed by atoms with Gasteiger partial charge in [-0.05, 0) is 56.2 Å². The van der Waals surface area contributed by atoms with Crippen LogP contribution in [-0.4, -0.2) is 28.5 Å². The Balaban J connectivity index is 1.48. The molecule has 0 radical (unpaired) electrons. The van der Waals surface area contributed by atoms with Crippen LogP contribution >= 0.6 is 23.1 Å². The molecule has 0 atom stereocenters. The van der Waals surface area contributed by atoms with E-state index in [-0.39, 0.29) is 29.9 Å². The van der Waals surface area contributed by atoms with Gasteiger partial charge in [0.15, 0.2) is 4.34 Å². The topological polar surface area (TPSA) is 100 Å². The summed E-state index contributed by atoms with van der Waals surface area (Å²) in [5.74, 6) is -0.225. The standard InChI is InChI=1S/C24H26N4O3S2/c1-14-9-15(2)23(16(3)10-14)28-21(30)11-20-12-32-24(27-20)33-13-22(31)26-19-7-5-18(6-8-19)25-17(4)29/h5-10,12H,11,13H2,1-4H3,(H,25,29)(H,26,31)(H,28,30). The molecule has 9 heteroatoms. The van der Waals surface area contributed by atoms with Gasteiger partial charge in [-0.2, -0.15) is 0 Å². The fraction of sp³-hybridized carbons (Fsp3) is 0.250. The molecule has 1 aromatic heterocycles. The van der Waals surface area contributed by atoms with Crippen LogP contribution in [0.15, 0.2) is 46.1 Å². The number of aryl methyl sites for hydroxylation is 3. The van der Waals surface area contributed by atoms with Crippen LogP contribution in [0.25, 0.3) is 0 Å². The van der Waals surface area contributed by atoms with E-state index in [2.05, 4.69) is 20.9 Å². The molecule has 0 aliphatic rings. The van der Waals surface area contributed by atoms with Gasteiger partial charge in [-0.25, -0.2) is 4.98 Å². The van der Waals surface area contributed by atoms with Gasteiger partial charge in [-0.3, -0.25) is 14.4 Å². The van der Waals surface area contributed by atoms with Crippen molar-refractivity contribution in [2.45, 2.75) is 38.5 Å². The van der Waals surface area contributed by atoms with E-state index in [0.29, 0.717) is 17.1 Å². The number of nitrogens with zero attached hydrogens (tertiary/aromatic N) is 1. The van der Waals surface area contributed by atoms with Crippen LogP contribution in [-0.2, 0) is 20.8 Å². The van der Waals surface area contributed by atoms with E-state index in [1.807, 2.05) is 38.3 Å². The Morgan fingerprint density at radius 2 is 1.52 bits per heavy atom. The minimum Gasteiger partial charge on any atom is -0.326 e. The second kappa shape index (κ2) is 11.1. The average Bonchev–Trinajstić information content (AvgIpc) is 3.17. The summed E-state index contributed by atoms with van der Waals surface area (Å²) in [6, 6.07) is 11.0. The molecule has 3 aromatic rings. The van der Waals surface area contributed by atoms with E-state index in [1.165, 1.54) is 30.0 Å². The third-order valence-electron chi connectivity index (χ3n) is 4.63. The number of thioether (sulfide) groups is 1. The predicted molar refractivity (Wildman–Crippen MR) is 135 cm³/mol. The number of aromatic nitrogens is 1. The summed E-state index contributed by atoms with van der Waals surface area (Å²) in [7, 11) is 0. The van der Waals surface area contributed by atoms with Crippen LogP contribution < -0.4 is 16.0 Å². The average molecular weight is 483 g/mol. The van der Waals surface area contributed by atoms with Gasteiger partial charge in [0.25, 0.3) is 0 Å². The fourth-order valence-electron chi connectivity index (χ4n) is 3.33. The van der Waals surface area contributed by atoms with Gasteiger partial charge in [0.2, 0.25) is 17.7 Å². The van der Waals surface area contributed by atoms with Gasteiger partial charge in [0.05, 0.1) is 17.9 Å². The molecule has 0 aliphatic heterocycles. The molecule has 0 spiro atoms. The smallest absolute Gasteiger partial charge is 0.234 e. The van der Waals surface area contributed by atoms with E-state index in [4.69, 9.17) is 0 Å². The number of hydrogen-bond acceptors (Lipinski definition) is 6. The first-order chi connectivity index (χ1) is 15.7. The van der Waals surface area contributed by atoms with E-state index < -0.39 is 0 Å². The molecule has 2 aromatic carbocycles. The van der Waals surface area contributed by atoms with E-state index >= 15 is 0 Å². The fourth-order valence-corrected chi connectivity index (χ4v) is 4.97. The lowest BCUT2D eigenvalue weighted by molar-refractivity contribution is -0.116. The molecule has 0 unspecified atom stereocenters. The van der Waals surface area contributed by atoms with Crippen molar-refractivity contribution < 1.29 is 14.4 Å². The van der Waals surface area contributed by atoms with Gasteiger partial charge >= 0.3 is 0 Å². The SMILES string of the molecule is CC(=O)Nc1ccc(NC(=O)CSc2nc(CC(=O)Nc3c(C)cc(C)cc3C)cs2)cc1. The van der Waals surface area contributed by atoms with Gasteiger partial charge in [-0.15, -0.1) is 11.3 Å². The summed E-state index contributed by atoms with van der Waals surface area (Å²) in [5, 5.41) is 10.3. The molecule has 0 saturated heterocycles. The summed E-state index contributed by atoms with van der Waals surface area (Å²) in [6.07, 6.45) is 0.177. The molecule has 0 saturated carbocycles. The van der Waals surface area contributed by atoms with E-state index in [1.54, 1.807) is 24.3 Å². The Bertz CT molecular complexity index is 1150. The Morgan fingerprint density at radius 1 is 0.909 bits per heavy atom. The van der Waals surface area contributed by atoms with E-state index in [9.17, 15) is 14.4 Å². The molecule has 0 bridgehead atoms. The number of amides is 3. The van der Waals surface area contributed by atoms with Crippen LogP contribution in [0.5, 0.6) is 0 Å². The summed E-state index contributed by atoms with van der Waals surface area (Å²) in [5.41, 5.74) is 6.07. The Labute approximate surface area is 201 Å². The lowest BCUT2D eigenvalue weighted by Gasteiger charge is -2.12. The molecule has 3 amide bonds. The molecule has 3 N–H and O–H groups in total. The van der Waals surface area contributed by atoms with Crippen molar-refractivity contribution in [1.29, 1.82) is 0 Å². The van der Waals surface area contributed by atoms with Gasteiger partial charge in [0, 0.05) is 29.4 Å². The number of carbonyl (C=O) groups excluding carboxylic acids is 3. The maximum Gasteiger partial charge on any atom is 0.234 e. The van der Waals surface area contributed by atoms with Crippen molar-refractivity contribution in [2.24, 2.45) is 0 Å². The number of hydrogen-bond donors (Lipinski definition) is 3. The van der Waals surface area contributed by atoms with Crippen LogP contribution in [0, 0.1) is 20.8 Å². The number of thiazole rings is 1. The predicted octanol–water partition coefficient (Wildman–Crippen LogP) is 4.94. The minimum atomic E-state index is -0.160. The zero-order valence-electron chi connectivity index (χ0n) is 18.9. The van der Waals surface area contributed by atoms with Crippen molar-refractivity contribution in [1.82, 2.24) is 4.98 Å². The lowest BCUT2D eigenvalue weighted by atomic mass is 10.0. The maximum atomic E-state index is 12.5. The quantitative estimate of drug-likeness (QED) is 0.395. The number of carbonyl (C=O) groups is 3. The first-order valence-corrected chi connectivity index (χ1v) is 12.2. The molecule has 33 heavy (non-hydrogen) atoms. The first kappa shape index (κ1) is 24.5. The van der Waals surface area contributed by atoms with Crippen molar-refractivity contribution in [3.63, 3.8) is 0 Å². The number of benzene rings is 2. The number of rotatable bonds is 8. The molecule has 7 nitrogen and oxygen atoms in total. The molecule has 3 rings (SSSR count). The highest BCUT2D eigenvalue weighted by Crippen LogP contribution is 2.25. The first-order valence-electron chi connectivity index (χ1n) is 10.3. The molecule has 0 fully saturated rings. The van der Waals surface area contributed by atoms with Crippen LogP contribution in [0.2, 0.25) is 0 Å². The van der Waals surface area contributed by atoms with E-state index in [0.717, 1.165) is 26.7 Å². The second-order valence-electron chi connectivity index (χ2n) is 7.70. The van der Waals surface area contributed by atoms with Crippen molar-refractivity contribution in [3.05, 3.63) is 64.2 Å². The van der Waals surface area contributed by atoms with Gasteiger partial charge in [-0.1, -0.05) is 29.5 Å². The second-order valence-corrected chi connectivity index (χ2v) is 9.78. The summed E-state index contributed by atoms with van der Waals surface area (Å²) in [6.45, 7) is 7.44. The molecular formula is C24H26N4O3S2. The normalized spacial score (nSPS) is 10.5. The molecular weight excluding hydrogens is 456 g/mol. The highest BCUT2D eigenvalue weighted by molar-refractivity contribution is 8.01. The highest BCUT2D eigenvalue weighted by atomic mass is 32.2. The molecule has 0 aliphatic carbocycles. The van der Waals surface area contributed by atoms with Gasteiger partial charge in [0.1, 0.15) is 0 Å². The summed E-state index contributed by atoms with van der Waals surface area (Å²) in [4.78, 5) is 40.3. The lowest BCUT2D eigenvalue weighted by Crippen LogP contribution is -2.16. The third kappa shape index (κ3) is 7.44. The Morgan fingerprint density at radius 3 is 2.12 bits per heavy atom. The molecule has 1 heterocycles. The third-order valence-corrected chi connectivity index (χ3v) is 6.70. The number of anilines is 3. The largest absolute Gasteiger partial charge is 0.326 e. The summed E-state index contributed by atoms with van der Waals surface area (Å²) >= 11 is 2.74. The number of nitrogens with one attached hydrogen (secondary N) is 3. The zero-order valence-corrected chi connectivity index (χ0v) is 20.6. The van der Waals surface area contributed by atoms with Crippen LogP contribution in [0.3, 0.4) is 0 Å². The maximum absolute atomic E-state index is 12.5. The Kier molecular flexibility index (Phi) is 8.24. The van der Waals surface area contributed by atoms with Crippen molar-refractivity contribution in [3.8, 4) is 0 Å². The van der Waals surface area contributed by atoms with Gasteiger partial charge < -0.3 is 16.0 Å². The van der Waals surface area contributed by atoms with Crippen molar-refractivity contribution >= 4 is 57.9 Å². The minimum absolute atomic E-state index is 0.118. The highest BCUT2D eigenvalue weighted by Gasteiger charge is 2.12. The zero-order chi connectivity index (χ0) is 24.0. The van der Waals surface area contributed by atoms with Crippen molar-refractivity contribution in [2.75, 3.05) is 21.7 Å². The van der Waals surface area contributed by atoms with Crippen LogP contribution in [0.1, 0.15) is 29.3 Å². The monoisotopic (exact) mass is 482 g/mol.